The number of hydrogen-bond donors (Lipinski definition) is 1. The molecule has 20 heavy (non-hydrogen) atoms. The number of carbonyl (C=O) groups excluding carboxylic acids is 1. The molecule has 0 bridgehead atoms. The Hall–Kier alpha value is -1.42. The highest BCUT2D eigenvalue weighted by Gasteiger charge is 2.28. The Bertz CT molecular complexity index is 453. The molecule has 0 atom stereocenters. The Morgan fingerprint density at radius 1 is 1.40 bits per heavy atom. The lowest BCUT2D eigenvalue weighted by Gasteiger charge is -2.36. The Morgan fingerprint density at radius 3 is 2.70 bits per heavy atom. The van der Waals surface area contributed by atoms with E-state index in [0.29, 0.717) is 12.1 Å². The van der Waals surface area contributed by atoms with Gasteiger partial charge in [0.2, 0.25) is 0 Å². The Labute approximate surface area is 121 Å². The number of aromatic nitrogens is 1. The number of rotatable bonds is 4. The molecule has 1 amide bonds. The first-order valence-electron chi connectivity index (χ1n) is 7.61. The molecule has 0 spiro atoms. The summed E-state index contributed by atoms with van der Waals surface area (Å²) in [7, 11) is 0. The minimum absolute atomic E-state index is 0.123. The van der Waals surface area contributed by atoms with E-state index in [4.69, 9.17) is 5.73 Å². The van der Waals surface area contributed by atoms with E-state index in [-0.39, 0.29) is 5.91 Å². The average molecular weight is 275 g/mol. The lowest BCUT2D eigenvalue weighted by Crippen LogP contribution is -2.44. The van der Waals surface area contributed by atoms with Crippen LogP contribution in [0.15, 0.2) is 18.3 Å². The molecule has 0 unspecified atom stereocenters. The highest BCUT2D eigenvalue weighted by atomic mass is 16.2. The third kappa shape index (κ3) is 3.37. The van der Waals surface area contributed by atoms with Crippen molar-refractivity contribution < 1.29 is 4.79 Å². The van der Waals surface area contributed by atoms with Crippen LogP contribution >= 0.6 is 0 Å². The number of hydrogen-bond acceptors (Lipinski definition) is 3. The van der Waals surface area contributed by atoms with Gasteiger partial charge in [0.1, 0.15) is 0 Å². The molecular formula is C16H25N3O. The molecule has 0 aromatic carbocycles. The molecule has 4 heteroatoms. The number of amides is 1. The minimum atomic E-state index is 0.123. The first kappa shape index (κ1) is 15.0. The van der Waals surface area contributed by atoms with Crippen molar-refractivity contribution >= 4 is 5.91 Å². The van der Waals surface area contributed by atoms with Gasteiger partial charge < -0.3 is 10.6 Å². The van der Waals surface area contributed by atoms with Gasteiger partial charge in [-0.3, -0.25) is 9.78 Å². The number of pyridine rings is 1. The van der Waals surface area contributed by atoms with E-state index in [1.54, 1.807) is 6.20 Å². The van der Waals surface area contributed by atoms with Crippen LogP contribution in [0, 0.1) is 6.92 Å². The van der Waals surface area contributed by atoms with Crippen molar-refractivity contribution in [3.8, 4) is 0 Å². The minimum Gasteiger partial charge on any atom is -0.336 e. The predicted molar refractivity (Wildman–Crippen MR) is 80.5 cm³/mol. The van der Waals surface area contributed by atoms with E-state index >= 15 is 0 Å². The summed E-state index contributed by atoms with van der Waals surface area (Å²) in [4.78, 5) is 19.1. The van der Waals surface area contributed by atoms with Gasteiger partial charge in [0.25, 0.3) is 5.91 Å². The maximum atomic E-state index is 12.8. The molecule has 4 nitrogen and oxygen atoms in total. The molecule has 1 aliphatic rings. The maximum absolute atomic E-state index is 12.8. The topological polar surface area (TPSA) is 59.2 Å². The van der Waals surface area contributed by atoms with Crippen LogP contribution in [-0.4, -0.2) is 34.4 Å². The van der Waals surface area contributed by atoms with Crippen LogP contribution in [0.3, 0.4) is 0 Å². The molecule has 2 N–H and O–H groups in total. The lowest BCUT2D eigenvalue weighted by molar-refractivity contribution is 0.0625. The second kappa shape index (κ2) is 6.84. The van der Waals surface area contributed by atoms with Crippen molar-refractivity contribution in [1.82, 2.24) is 9.88 Å². The van der Waals surface area contributed by atoms with Crippen molar-refractivity contribution in [3.63, 3.8) is 0 Å². The molecule has 2 rings (SSSR count). The summed E-state index contributed by atoms with van der Waals surface area (Å²) >= 11 is 0. The highest BCUT2D eigenvalue weighted by Crippen LogP contribution is 2.24. The van der Waals surface area contributed by atoms with Crippen molar-refractivity contribution in [3.05, 3.63) is 29.6 Å². The number of nitrogens with zero attached hydrogens (tertiary/aromatic N) is 2. The summed E-state index contributed by atoms with van der Waals surface area (Å²) in [5.74, 6) is 0.123. The van der Waals surface area contributed by atoms with Gasteiger partial charge in [0, 0.05) is 30.5 Å². The van der Waals surface area contributed by atoms with E-state index in [2.05, 4.69) is 11.9 Å². The van der Waals surface area contributed by atoms with Crippen molar-refractivity contribution in [2.75, 3.05) is 6.54 Å². The fourth-order valence-electron chi connectivity index (χ4n) is 2.97. The zero-order valence-electron chi connectivity index (χ0n) is 12.5. The van der Waals surface area contributed by atoms with Gasteiger partial charge in [-0.2, -0.15) is 0 Å². The van der Waals surface area contributed by atoms with Crippen LogP contribution in [0.25, 0.3) is 0 Å². The average Bonchev–Trinajstić information content (AvgIpc) is 2.46. The molecule has 110 valence electrons. The highest BCUT2D eigenvalue weighted by molar-refractivity contribution is 5.95. The summed E-state index contributed by atoms with van der Waals surface area (Å²) in [6.07, 6.45) is 6.79. The third-order valence-corrected chi connectivity index (χ3v) is 4.14. The van der Waals surface area contributed by atoms with Crippen LogP contribution in [-0.2, 0) is 0 Å². The van der Waals surface area contributed by atoms with Gasteiger partial charge in [-0.15, -0.1) is 0 Å². The van der Waals surface area contributed by atoms with E-state index < -0.39 is 0 Å². The zero-order valence-corrected chi connectivity index (χ0v) is 12.5. The lowest BCUT2D eigenvalue weighted by atomic mass is 9.90. The fourth-order valence-corrected chi connectivity index (χ4v) is 2.97. The zero-order chi connectivity index (χ0) is 14.5. The van der Waals surface area contributed by atoms with Gasteiger partial charge in [-0.1, -0.05) is 6.92 Å². The first-order chi connectivity index (χ1) is 9.63. The van der Waals surface area contributed by atoms with Crippen molar-refractivity contribution in [2.24, 2.45) is 5.73 Å². The smallest absolute Gasteiger partial charge is 0.255 e. The van der Waals surface area contributed by atoms with Crippen LogP contribution in [0.2, 0.25) is 0 Å². The van der Waals surface area contributed by atoms with Crippen LogP contribution in [0.5, 0.6) is 0 Å². The van der Waals surface area contributed by atoms with Gasteiger partial charge in [0.15, 0.2) is 0 Å². The van der Waals surface area contributed by atoms with Crippen LogP contribution < -0.4 is 5.73 Å². The standard InChI is InChI=1S/C16H25N3O/c1-3-11-19(14-8-6-13(17)7-9-14)16(20)15-5-4-10-18-12(15)2/h4-5,10,13-14H,3,6-9,11,17H2,1-2H3. The first-order valence-corrected chi connectivity index (χ1v) is 7.61. The third-order valence-electron chi connectivity index (χ3n) is 4.14. The second-order valence-electron chi connectivity index (χ2n) is 5.70. The molecule has 1 aliphatic carbocycles. The number of nitrogens with two attached hydrogens (primary N) is 1. The van der Waals surface area contributed by atoms with E-state index in [0.717, 1.165) is 49.9 Å². The summed E-state index contributed by atoms with van der Waals surface area (Å²) < 4.78 is 0. The van der Waals surface area contributed by atoms with Gasteiger partial charge in [0.05, 0.1) is 5.56 Å². The molecule has 0 aliphatic heterocycles. The second-order valence-corrected chi connectivity index (χ2v) is 5.70. The molecular weight excluding hydrogens is 250 g/mol. The van der Waals surface area contributed by atoms with E-state index in [1.165, 1.54) is 0 Å². The molecule has 1 aromatic rings. The monoisotopic (exact) mass is 275 g/mol. The normalized spacial score (nSPS) is 22.6. The molecule has 1 fully saturated rings. The van der Waals surface area contributed by atoms with E-state index in [9.17, 15) is 4.79 Å². The van der Waals surface area contributed by atoms with Crippen LogP contribution in [0.1, 0.15) is 55.1 Å². The fraction of sp³-hybridized carbons (Fsp3) is 0.625. The molecule has 1 aromatic heterocycles. The Morgan fingerprint density at radius 2 is 2.10 bits per heavy atom. The molecule has 1 saturated carbocycles. The Kier molecular flexibility index (Phi) is 5.12. The van der Waals surface area contributed by atoms with E-state index in [1.807, 2.05) is 24.0 Å². The van der Waals surface area contributed by atoms with Crippen LogP contribution in [0.4, 0.5) is 0 Å². The van der Waals surface area contributed by atoms with Gasteiger partial charge >= 0.3 is 0 Å². The Balaban J connectivity index is 2.16. The molecule has 1 heterocycles. The molecule has 0 radical (unpaired) electrons. The SMILES string of the molecule is CCCN(C(=O)c1cccnc1C)C1CCC(N)CC1. The van der Waals surface area contributed by atoms with Crippen molar-refractivity contribution in [2.45, 2.75) is 58.0 Å². The number of carbonyl (C=O) groups is 1. The summed E-state index contributed by atoms with van der Waals surface area (Å²) in [6, 6.07) is 4.36. The van der Waals surface area contributed by atoms with Gasteiger partial charge in [-0.05, 0) is 51.2 Å². The van der Waals surface area contributed by atoms with Crippen molar-refractivity contribution in [1.29, 1.82) is 0 Å². The number of aryl methyl sites for hydroxylation is 1. The summed E-state index contributed by atoms with van der Waals surface area (Å²) in [6.45, 7) is 4.83. The predicted octanol–water partition coefficient (Wildman–Crippen LogP) is 2.51. The maximum Gasteiger partial charge on any atom is 0.255 e. The summed E-state index contributed by atoms with van der Waals surface area (Å²) in [5, 5.41) is 0. The summed E-state index contributed by atoms with van der Waals surface area (Å²) in [5.41, 5.74) is 7.51. The largest absolute Gasteiger partial charge is 0.336 e. The molecule has 0 saturated heterocycles. The quantitative estimate of drug-likeness (QED) is 0.918. The van der Waals surface area contributed by atoms with Gasteiger partial charge in [-0.25, -0.2) is 0 Å².